The first-order valence-corrected chi connectivity index (χ1v) is 33.2. The van der Waals surface area contributed by atoms with Crippen molar-refractivity contribution in [3.63, 3.8) is 0 Å². The van der Waals surface area contributed by atoms with Crippen molar-refractivity contribution in [3.8, 4) is 0 Å². The molecule has 518 valence electrons. The number of nitrogens with one attached hydrogen (secondary N) is 1. The van der Waals surface area contributed by atoms with Gasteiger partial charge in [-0.2, -0.15) is 0 Å². The largest absolute Gasteiger partial charge is 0.511 e. The van der Waals surface area contributed by atoms with Crippen molar-refractivity contribution in [2.24, 2.45) is 46.3 Å². The third-order valence-electron chi connectivity index (χ3n) is 21.8. The number of rotatable bonds is 14. The first kappa shape index (κ1) is 70.8. The van der Waals surface area contributed by atoms with Gasteiger partial charge >= 0.3 is 24.0 Å². The van der Waals surface area contributed by atoms with Crippen molar-refractivity contribution in [2.75, 3.05) is 7.11 Å². The molecule has 6 saturated heterocycles. The molecule has 1 amide bonds. The summed E-state index contributed by atoms with van der Waals surface area (Å²) in [6, 6.07) is -1.02. The van der Waals surface area contributed by atoms with Gasteiger partial charge in [0.05, 0.1) is 91.6 Å². The van der Waals surface area contributed by atoms with Gasteiger partial charge in [-0.1, -0.05) is 50.6 Å². The highest BCUT2D eigenvalue weighted by molar-refractivity contribution is 6.26. The molecule has 0 aromatic carbocycles. The number of esters is 2. The number of carboxylic acid groups (broad SMARTS) is 1. The van der Waals surface area contributed by atoms with Crippen molar-refractivity contribution < 1.29 is 116 Å². The Morgan fingerprint density at radius 3 is 1.98 bits per heavy atom. The number of hydrogen-bond donors (Lipinski definition) is 6. The molecule has 10 aliphatic rings. The Balaban J connectivity index is 0.904. The van der Waals surface area contributed by atoms with E-state index in [0.717, 1.165) is 5.57 Å². The van der Waals surface area contributed by atoms with Gasteiger partial charge in [0.25, 0.3) is 0 Å². The highest BCUT2D eigenvalue weighted by atomic mass is 16.8. The summed E-state index contributed by atoms with van der Waals surface area (Å²) in [6.45, 7) is 21.2. The van der Waals surface area contributed by atoms with E-state index in [1.54, 1.807) is 33.8 Å². The molecule has 0 aromatic rings. The summed E-state index contributed by atoms with van der Waals surface area (Å²) in [4.78, 5) is 81.2. The van der Waals surface area contributed by atoms with Crippen LogP contribution >= 0.6 is 0 Å². The molecule has 6 aliphatic heterocycles. The zero-order valence-corrected chi connectivity index (χ0v) is 55.5. The normalized spacial score (nSPS) is 48.2. The lowest BCUT2D eigenvalue weighted by molar-refractivity contribution is -0.331. The highest BCUT2D eigenvalue weighted by Crippen LogP contribution is 2.61. The average molecular weight is 1310 g/mol. The number of aliphatic hydroxyl groups is 4. The van der Waals surface area contributed by atoms with Crippen LogP contribution in [0.2, 0.25) is 0 Å². The van der Waals surface area contributed by atoms with Crippen LogP contribution in [0.5, 0.6) is 0 Å². The summed E-state index contributed by atoms with van der Waals surface area (Å²) in [5.41, 5.74) is -4.64. The van der Waals surface area contributed by atoms with Crippen molar-refractivity contribution in [1.29, 1.82) is 0 Å². The topological polar surface area (TPSA) is 336 Å². The van der Waals surface area contributed by atoms with E-state index in [9.17, 15) is 49.5 Å². The maximum absolute atomic E-state index is 15.6. The second kappa shape index (κ2) is 28.2. The van der Waals surface area contributed by atoms with Crippen LogP contribution in [0, 0.1) is 46.3 Å². The summed E-state index contributed by atoms with van der Waals surface area (Å²) < 4.78 is 81.7. The Morgan fingerprint density at radius 2 is 1.32 bits per heavy atom. The smallest absolute Gasteiger partial charge is 0.407 e. The molecule has 29 atom stereocenters. The van der Waals surface area contributed by atoms with Crippen LogP contribution in [-0.2, 0) is 85.6 Å². The summed E-state index contributed by atoms with van der Waals surface area (Å²) in [5, 5.41) is 59.8. The number of ketones is 1. The van der Waals surface area contributed by atoms with Crippen LogP contribution in [0.15, 0.2) is 58.4 Å². The number of allylic oxidation sites excluding steroid dienone is 3. The predicted octanol–water partition coefficient (Wildman–Crippen LogP) is 6.42. The van der Waals surface area contributed by atoms with Gasteiger partial charge in [0.2, 0.25) is 5.78 Å². The number of carboxylic acids is 1. The second-order valence-electron chi connectivity index (χ2n) is 28.3. The van der Waals surface area contributed by atoms with Crippen LogP contribution < -0.4 is 5.32 Å². The lowest BCUT2D eigenvalue weighted by atomic mass is 9.49. The van der Waals surface area contributed by atoms with Gasteiger partial charge in [-0.05, 0) is 116 Å². The number of amides is 1. The fourth-order valence-electron chi connectivity index (χ4n) is 17.0. The van der Waals surface area contributed by atoms with E-state index < -0.39 is 211 Å². The minimum absolute atomic E-state index is 0.00628. The van der Waals surface area contributed by atoms with Gasteiger partial charge in [-0.15, -0.1) is 0 Å². The van der Waals surface area contributed by atoms with Crippen LogP contribution in [0.1, 0.15) is 147 Å². The predicted molar refractivity (Wildman–Crippen MR) is 326 cm³/mol. The van der Waals surface area contributed by atoms with Gasteiger partial charge in [0.15, 0.2) is 43.2 Å². The van der Waals surface area contributed by atoms with Crippen LogP contribution in [0.4, 0.5) is 4.79 Å². The SMILES string of the molecule is COC(=O)N[C@H]1[C@@H](C)O[C@@H](O[C@H]2C/C=C(\C)[C@@H]3C=C[C@@H]4[C@@H](O[C@H]5C[C@@H](O[C@H]6CC[C@@H](O[C@H]7C[C@@H](O)[C@@H](O[C@H]8CC[C@@H](O)[C@H](C)O8)[C@H](C)O7)[C@H](C)O6)[C@@H](OC(C)=O)[C@H](C)O5)[C@@H](C)C[C@H](C)[C@H]4[C@]3(C)/C(O)=C3\C(=O)OC4(CC(C=O)=C[C@H](O)[C@H]4/C=C/2C)C3=O)CC1(C)C(=O)O. The van der Waals surface area contributed by atoms with Gasteiger partial charge in [0.1, 0.15) is 29.8 Å². The van der Waals surface area contributed by atoms with Gasteiger partial charge in [-0.25, -0.2) is 9.59 Å². The van der Waals surface area contributed by atoms with E-state index in [-0.39, 0.29) is 43.1 Å². The number of aliphatic carboxylic acids is 1. The fourth-order valence-corrected chi connectivity index (χ4v) is 17.0. The lowest BCUT2D eigenvalue weighted by Crippen LogP contribution is -2.61. The molecule has 0 radical (unpaired) electrons. The number of Topliss-reactive ketones (excluding diaryl/α,β-unsaturated/α-hetero) is 1. The second-order valence-corrected chi connectivity index (χ2v) is 28.3. The number of fused-ring (bicyclic) bond motifs is 4. The summed E-state index contributed by atoms with van der Waals surface area (Å²) in [6.07, 6.45) is -3.74. The van der Waals surface area contributed by atoms with Crippen LogP contribution in [0.25, 0.3) is 0 Å². The molecule has 2 bridgehead atoms. The van der Waals surface area contributed by atoms with Crippen molar-refractivity contribution in [1.82, 2.24) is 5.32 Å². The lowest BCUT2D eigenvalue weighted by Gasteiger charge is -2.56. The molecule has 6 heterocycles. The zero-order valence-electron chi connectivity index (χ0n) is 55.5. The molecule has 25 nitrogen and oxygen atoms in total. The van der Waals surface area contributed by atoms with Crippen LogP contribution in [0.3, 0.4) is 0 Å². The number of methoxy groups -OCH3 is 1. The number of carbonyl (C=O) groups is 6. The van der Waals surface area contributed by atoms with Crippen LogP contribution in [-0.4, -0.2) is 197 Å². The minimum atomic E-state index is -2.19. The number of aliphatic hydroxyl groups excluding tert-OH is 4. The highest BCUT2D eigenvalue weighted by Gasteiger charge is 2.65. The summed E-state index contributed by atoms with van der Waals surface area (Å²) in [5.74, 6) is -7.60. The fraction of sp³-hybridized carbons (Fsp3) is 0.765. The summed E-state index contributed by atoms with van der Waals surface area (Å²) in [7, 11) is 1.17. The molecular formula is C68H97NO24. The van der Waals surface area contributed by atoms with Gasteiger partial charge < -0.3 is 92.4 Å². The number of alkyl carbamates (subject to hydrolysis) is 1. The minimum Gasteiger partial charge on any atom is -0.511 e. The number of hydrogen-bond acceptors (Lipinski definition) is 23. The monoisotopic (exact) mass is 1310 g/mol. The molecule has 93 heavy (non-hydrogen) atoms. The van der Waals surface area contributed by atoms with E-state index in [1.165, 1.54) is 27.0 Å². The molecule has 4 aliphatic carbocycles. The van der Waals surface area contributed by atoms with E-state index in [2.05, 4.69) is 25.2 Å². The molecule has 1 saturated carbocycles. The Hall–Kier alpha value is -5.00. The molecule has 1 spiro atoms. The molecule has 6 N–H and O–H groups in total. The molecule has 0 aromatic heterocycles. The average Bonchev–Trinajstić information content (AvgIpc) is 1.68. The maximum atomic E-state index is 15.6. The third-order valence-corrected chi connectivity index (χ3v) is 21.8. The zero-order chi connectivity index (χ0) is 67.5. The Morgan fingerprint density at radius 1 is 0.688 bits per heavy atom. The first-order chi connectivity index (χ1) is 43.9. The van der Waals surface area contributed by atoms with Crippen molar-refractivity contribution in [2.45, 2.75) is 276 Å². The maximum Gasteiger partial charge on any atom is 0.407 e. The summed E-state index contributed by atoms with van der Waals surface area (Å²) >= 11 is 0. The third kappa shape index (κ3) is 14.0. The van der Waals surface area contributed by atoms with Gasteiger partial charge in [0, 0.05) is 62.7 Å². The van der Waals surface area contributed by atoms with E-state index in [0.29, 0.717) is 44.0 Å². The van der Waals surface area contributed by atoms with Crippen molar-refractivity contribution in [3.05, 3.63) is 58.4 Å². The molecular weight excluding hydrogens is 1210 g/mol. The molecule has 7 fully saturated rings. The first-order valence-electron chi connectivity index (χ1n) is 33.2. The van der Waals surface area contributed by atoms with E-state index in [1.807, 2.05) is 39.8 Å². The molecule has 2 unspecified atom stereocenters. The molecule has 10 rings (SSSR count). The Kier molecular flexibility index (Phi) is 21.5. The molecule has 25 heteroatoms. The van der Waals surface area contributed by atoms with Gasteiger partial charge in [-0.3, -0.25) is 19.2 Å². The Bertz CT molecular complexity index is 2950. The van der Waals surface area contributed by atoms with E-state index in [4.69, 9.17) is 61.6 Å². The number of carbonyl (C=O) groups excluding carboxylic acids is 5. The van der Waals surface area contributed by atoms with E-state index >= 15 is 4.79 Å². The number of ether oxygens (including phenoxy) is 13. The quantitative estimate of drug-likeness (QED) is 0.0359. The standard InChI is InChI=1S/C68H97NO24/c1-30-14-18-47(88-54-28-66(11,64(78)79)60(38(9)86-54)69-65(80)81-13)31(2)23-43-45(73)24-40(29-70)27-68(43)62(76)55(63(77)93-68)61(75)67(12)42(30)16-15-41-56(67)32(3)22-33(4)57(41)92-53-26-49(59(37(8)85-53)87-39(10)71)90-50-21-19-48(35(6)83-50)89-52-25-46(74)58(36(7)84-52)91-51-20-17-44(72)34(5)82-51/h14-16,23-24,29,32-38,41-54,56-60,72-75H,17-22,25-28H2,1-13H3,(H,69,80)(H,78,79)/b30-14+,31-23+,61-55+/t32-,33-,34-,35-,36-,37-,38+,41-,42-,43+,44+,45-,46+,47-,48+,49+,50-,51-,52-,53-,54-,56+,57-,58-,59-,60-,66?,67+,68?/m0/s1. The number of aldehydes is 1. The Labute approximate surface area is 543 Å². The van der Waals surface area contributed by atoms with Crippen molar-refractivity contribution >= 4 is 36.1 Å².